The molecule has 0 aromatic rings. The van der Waals surface area contributed by atoms with Gasteiger partial charge in [0.05, 0.1) is 19.6 Å². The molecule has 0 spiro atoms. The molecule has 0 saturated heterocycles. The van der Waals surface area contributed by atoms with Gasteiger partial charge < -0.3 is 14.8 Å². The van der Waals surface area contributed by atoms with Crippen molar-refractivity contribution >= 4 is 12.1 Å². The lowest BCUT2D eigenvalue weighted by molar-refractivity contribution is -0.144. The van der Waals surface area contributed by atoms with Crippen LogP contribution in [0.3, 0.4) is 0 Å². The van der Waals surface area contributed by atoms with Crippen molar-refractivity contribution in [3.63, 3.8) is 0 Å². The number of amides is 1. The molecule has 0 aromatic heterocycles. The molecular formula is C26H51NO4. The van der Waals surface area contributed by atoms with Gasteiger partial charge in [0.2, 0.25) is 0 Å². The van der Waals surface area contributed by atoms with Gasteiger partial charge >= 0.3 is 12.1 Å². The lowest BCUT2D eigenvalue weighted by atomic mass is 10.0. The van der Waals surface area contributed by atoms with E-state index in [0.717, 1.165) is 38.5 Å². The van der Waals surface area contributed by atoms with E-state index in [4.69, 9.17) is 9.47 Å². The van der Waals surface area contributed by atoms with Gasteiger partial charge in [-0.05, 0) is 25.7 Å². The van der Waals surface area contributed by atoms with Gasteiger partial charge in [0.1, 0.15) is 0 Å². The highest BCUT2D eigenvalue weighted by Crippen LogP contribution is 2.13. The number of hydrogen-bond donors (Lipinski definition) is 1. The molecule has 5 nitrogen and oxygen atoms in total. The minimum Gasteiger partial charge on any atom is -0.466 e. The van der Waals surface area contributed by atoms with Crippen LogP contribution in [0.2, 0.25) is 0 Å². The molecule has 0 heterocycles. The van der Waals surface area contributed by atoms with Gasteiger partial charge in [0.15, 0.2) is 0 Å². The van der Waals surface area contributed by atoms with Crippen LogP contribution >= 0.6 is 0 Å². The second-order valence-electron chi connectivity index (χ2n) is 9.02. The number of esters is 1. The summed E-state index contributed by atoms with van der Waals surface area (Å²) >= 11 is 0. The second-order valence-corrected chi connectivity index (χ2v) is 9.02. The van der Waals surface area contributed by atoms with Crippen molar-refractivity contribution in [1.29, 1.82) is 0 Å². The lowest BCUT2D eigenvalue weighted by Gasteiger charge is -2.17. The normalized spacial score (nSPS) is 12.9. The van der Waals surface area contributed by atoms with Crippen LogP contribution in [0.5, 0.6) is 0 Å². The Morgan fingerprint density at radius 2 is 1.29 bits per heavy atom. The molecule has 1 N–H and O–H groups in total. The van der Waals surface area contributed by atoms with Crippen LogP contribution < -0.4 is 5.32 Å². The van der Waals surface area contributed by atoms with E-state index >= 15 is 0 Å². The number of unbranched alkanes of at least 4 members (excludes halogenated alkanes) is 11. The molecule has 0 rings (SSSR count). The van der Waals surface area contributed by atoms with Gasteiger partial charge in [-0.15, -0.1) is 0 Å². The molecule has 0 fully saturated rings. The van der Waals surface area contributed by atoms with E-state index in [1.807, 2.05) is 0 Å². The van der Waals surface area contributed by atoms with Crippen LogP contribution in [0.15, 0.2) is 0 Å². The number of carbonyl (C=O) groups excluding carboxylic acids is 2. The monoisotopic (exact) mass is 441 g/mol. The maximum Gasteiger partial charge on any atom is 0.407 e. The van der Waals surface area contributed by atoms with Crippen molar-refractivity contribution in [2.75, 3.05) is 13.2 Å². The summed E-state index contributed by atoms with van der Waals surface area (Å²) in [6, 6.07) is -0.284. The van der Waals surface area contributed by atoms with Crippen molar-refractivity contribution in [3.05, 3.63) is 0 Å². The Hall–Kier alpha value is -1.26. The number of rotatable bonds is 21. The first-order valence-electron chi connectivity index (χ1n) is 13.1. The van der Waals surface area contributed by atoms with Crippen LogP contribution in [-0.2, 0) is 14.3 Å². The predicted molar refractivity (Wildman–Crippen MR) is 129 cm³/mol. The summed E-state index contributed by atoms with van der Waals surface area (Å²) in [7, 11) is 0. The van der Waals surface area contributed by atoms with E-state index in [1.54, 1.807) is 6.92 Å². The second kappa shape index (κ2) is 22.0. The number of carbonyl (C=O) groups is 2. The van der Waals surface area contributed by atoms with Crippen LogP contribution in [0.25, 0.3) is 0 Å². The lowest BCUT2D eigenvalue weighted by Crippen LogP contribution is -2.35. The molecule has 1 amide bonds. The standard InChI is InChI=1S/C26H51NO4/c1-5-8-10-11-12-13-14-15-16-17-18-20-30-25(28)21-23(4)27-26(29)31-22-24(7-3)19-9-6-2/h23-24H,5-22H2,1-4H3,(H,27,29). The molecular weight excluding hydrogens is 390 g/mol. The molecule has 0 radical (unpaired) electrons. The maximum atomic E-state index is 11.9. The van der Waals surface area contributed by atoms with E-state index in [1.165, 1.54) is 57.8 Å². The van der Waals surface area contributed by atoms with E-state index in [-0.39, 0.29) is 18.4 Å². The van der Waals surface area contributed by atoms with E-state index in [0.29, 0.717) is 19.1 Å². The summed E-state index contributed by atoms with van der Waals surface area (Å²) < 4.78 is 10.6. The highest BCUT2D eigenvalue weighted by atomic mass is 16.5. The zero-order chi connectivity index (χ0) is 23.2. The number of hydrogen-bond acceptors (Lipinski definition) is 4. The molecule has 0 bridgehead atoms. The zero-order valence-electron chi connectivity index (χ0n) is 21.0. The third-order valence-corrected chi connectivity index (χ3v) is 5.84. The fourth-order valence-corrected chi connectivity index (χ4v) is 3.65. The molecule has 5 heteroatoms. The first-order valence-corrected chi connectivity index (χ1v) is 13.1. The summed E-state index contributed by atoms with van der Waals surface area (Å²) in [6.45, 7) is 9.26. The Kier molecular flexibility index (Phi) is 21.1. The van der Waals surface area contributed by atoms with Crippen molar-refractivity contribution < 1.29 is 19.1 Å². The molecule has 0 aliphatic rings. The summed E-state index contributed by atoms with van der Waals surface area (Å²) in [5.41, 5.74) is 0. The van der Waals surface area contributed by atoms with Crippen LogP contribution in [-0.4, -0.2) is 31.3 Å². The minimum atomic E-state index is -0.444. The molecule has 0 saturated carbocycles. The van der Waals surface area contributed by atoms with Gasteiger partial charge in [0, 0.05) is 6.04 Å². The van der Waals surface area contributed by atoms with Crippen molar-refractivity contribution in [1.82, 2.24) is 5.32 Å². The summed E-state index contributed by atoms with van der Waals surface area (Å²) in [5, 5.41) is 2.73. The highest BCUT2D eigenvalue weighted by molar-refractivity contribution is 5.72. The number of alkyl carbamates (subject to hydrolysis) is 1. The first-order chi connectivity index (χ1) is 15.0. The topological polar surface area (TPSA) is 64.6 Å². The Bertz CT molecular complexity index is 428. The molecule has 31 heavy (non-hydrogen) atoms. The maximum absolute atomic E-state index is 11.9. The van der Waals surface area contributed by atoms with Crippen LogP contribution in [0, 0.1) is 5.92 Å². The average molecular weight is 442 g/mol. The summed E-state index contributed by atoms with van der Waals surface area (Å²) in [5.74, 6) is 0.158. The van der Waals surface area contributed by atoms with Crippen molar-refractivity contribution in [2.24, 2.45) is 5.92 Å². The van der Waals surface area contributed by atoms with E-state index in [9.17, 15) is 9.59 Å². The SMILES string of the molecule is CCCCCCCCCCCCCOC(=O)CC(C)NC(=O)OCC(CC)CCCC. The van der Waals surface area contributed by atoms with Gasteiger partial charge in [-0.3, -0.25) is 4.79 Å². The Labute approximate surface area is 192 Å². The summed E-state index contributed by atoms with van der Waals surface area (Å²) in [6.07, 6.45) is 18.2. The minimum absolute atomic E-state index is 0.181. The smallest absolute Gasteiger partial charge is 0.407 e. The Morgan fingerprint density at radius 3 is 1.84 bits per heavy atom. The Balaban J connectivity index is 3.60. The van der Waals surface area contributed by atoms with Crippen molar-refractivity contribution in [3.8, 4) is 0 Å². The molecule has 2 unspecified atom stereocenters. The fourth-order valence-electron chi connectivity index (χ4n) is 3.65. The molecule has 0 aliphatic heterocycles. The van der Waals surface area contributed by atoms with E-state index < -0.39 is 6.09 Å². The van der Waals surface area contributed by atoms with E-state index in [2.05, 4.69) is 26.1 Å². The van der Waals surface area contributed by atoms with Crippen LogP contribution in [0.1, 0.15) is 130 Å². The summed E-state index contributed by atoms with van der Waals surface area (Å²) in [4.78, 5) is 23.9. The van der Waals surface area contributed by atoms with Crippen LogP contribution in [0.4, 0.5) is 4.79 Å². The quantitative estimate of drug-likeness (QED) is 0.147. The van der Waals surface area contributed by atoms with Gasteiger partial charge in [-0.2, -0.15) is 0 Å². The number of nitrogens with one attached hydrogen (secondary N) is 1. The largest absolute Gasteiger partial charge is 0.466 e. The molecule has 0 aromatic carbocycles. The van der Waals surface area contributed by atoms with Gasteiger partial charge in [-0.25, -0.2) is 4.79 Å². The molecule has 0 aliphatic carbocycles. The third kappa shape index (κ3) is 20.4. The average Bonchev–Trinajstić information content (AvgIpc) is 2.74. The zero-order valence-corrected chi connectivity index (χ0v) is 21.0. The highest BCUT2D eigenvalue weighted by Gasteiger charge is 2.15. The first kappa shape index (κ1) is 29.7. The predicted octanol–water partition coefficient (Wildman–Crippen LogP) is 7.56. The molecule has 2 atom stereocenters. The van der Waals surface area contributed by atoms with Crippen molar-refractivity contribution in [2.45, 2.75) is 136 Å². The van der Waals surface area contributed by atoms with Gasteiger partial charge in [0.25, 0.3) is 0 Å². The Morgan fingerprint density at radius 1 is 0.742 bits per heavy atom. The van der Waals surface area contributed by atoms with Gasteiger partial charge in [-0.1, -0.05) is 104 Å². The fraction of sp³-hybridized carbons (Fsp3) is 0.923. The third-order valence-electron chi connectivity index (χ3n) is 5.84. The number of ether oxygens (including phenoxy) is 2. The molecule has 184 valence electrons.